The summed E-state index contributed by atoms with van der Waals surface area (Å²) in [5, 5.41) is 18.8. The number of hydrogen-bond acceptors (Lipinski definition) is 7. The molecule has 8 nitrogen and oxygen atoms in total. The zero-order valence-electron chi connectivity index (χ0n) is 18.6. The molecule has 1 atom stereocenters. The van der Waals surface area contributed by atoms with Gasteiger partial charge in [-0.2, -0.15) is 10.2 Å². The molecule has 3 aromatic carbocycles. The number of aromatic amines is 1. The van der Waals surface area contributed by atoms with Gasteiger partial charge in [-0.1, -0.05) is 72.8 Å². The predicted molar refractivity (Wildman–Crippen MR) is 134 cm³/mol. The van der Waals surface area contributed by atoms with Gasteiger partial charge in [-0.05, 0) is 35.7 Å². The van der Waals surface area contributed by atoms with Crippen molar-refractivity contribution in [2.24, 2.45) is 10.2 Å². The minimum Gasteiger partial charge on any atom is -0.288 e. The molecule has 0 amide bonds. The van der Waals surface area contributed by atoms with Crippen LogP contribution < -0.4 is 16.0 Å². The fourth-order valence-corrected chi connectivity index (χ4v) is 3.81. The number of benzene rings is 3. The summed E-state index contributed by atoms with van der Waals surface area (Å²) in [6, 6.07) is 28.9. The Hall–Kier alpha value is -4.59. The van der Waals surface area contributed by atoms with E-state index in [2.05, 4.69) is 67.1 Å². The number of H-pyrrole nitrogens is 1. The molecule has 2 heterocycles. The third-order valence-corrected chi connectivity index (χ3v) is 5.60. The molecule has 0 radical (unpaired) electrons. The van der Waals surface area contributed by atoms with Gasteiger partial charge in [0, 0.05) is 6.42 Å². The van der Waals surface area contributed by atoms with Crippen LogP contribution in [0.25, 0.3) is 0 Å². The number of rotatable bonds is 6. The predicted octanol–water partition coefficient (Wildman–Crippen LogP) is 4.28. The molecular weight excluding hydrogens is 426 g/mol. The largest absolute Gasteiger partial charge is 0.288 e. The number of anilines is 2. The molecule has 1 aliphatic heterocycles. The summed E-state index contributed by atoms with van der Waals surface area (Å²) in [5.41, 5.74) is 8.01. The molecule has 0 saturated heterocycles. The first-order valence-corrected chi connectivity index (χ1v) is 11.0. The van der Waals surface area contributed by atoms with Crippen LogP contribution in [0.2, 0.25) is 0 Å². The van der Waals surface area contributed by atoms with Crippen LogP contribution in [0.1, 0.15) is 34.8 Å². The zero-order chi connectivity index (χ0) is 23.3. The average Bonchev–Trinajstić information content (AvgIpc) is 3.33. The summed E-state index contributed by atoms with van der Waals surface area (Å²) in [7, 11) is 0. The van der Waals surface area contributed by atoms with Crippen molar-refractivity contribution in [1.82, 2.24) is 15.2 Å². The van der Waals surface area contributed by atoms with E-state index in [4.69, 9.17) is 5.10 Å². The van der Waals surface area contributed by atoms with Gasteiger partial charge in [0.1, 0.15) is 5.69 Å². The number of aryl methyl sites for hydroxylation is 1. The van der Waals surface area contributed by atoms with Gasteiger partial charge in [-0.15, -0.1) is 10.2 Å². The van der Waals surface area contributed by atoms with E-state index in [1.807, 2.05) is 48.5 Å². The Morgan fingerprint density at radius 1 is 0.971 bits per heavy atom. The van der Waals surface area contributed by atoms with E-state index >= 15 is 0 Å². The first-order chi connectivity index (χ1) is 16.7. The maximum atomic E-state index is 11.6. The Morgan fingerprint density at radius 3 is 2.38 bits per heavy atom. The lowest BCUT2D eigenvalue weighted by molar-refractivity contribution is 0.709. The Bertz CT molecular complexity index is 1380. The van der Waals surface area contributed by atoms with Crippen molar-refractivity contribution < 1.29 is 0 Å². The number of aromatic nitrogens is 3. The highest BCUT2D eigenvalue weighted by atomic mass is 16.1. The van der Waals surface area contributed by atoms with Crippen molar-refractivity contribution in [3.05, 3.63) is 118 Å². The Balaban J connectivity index is 1.36. The van der Waals surface area contributed by atoms with Crippen LogP contribution in [0.4, 0.5) is 11.6 Å². The zero-order valence-corrected chi connectivity index (χ0v) is 18.6. The van der Waals surface area contributed by atoms with Crippen molar-refractivity contribution >= 4 is 23.6 Å². The van der Waals surface area contributed by atoms with Crippen molar-refractivity contribution in [2.45, 2.75) is 19.4 Å². The van der Waals surface area contributed by atoms with E-state index in [-0.39, 0.29) is 17.5 Å². The van der Waals surface area contributed by atoms with Gasteiger partial charge in [0.05, 0.1) is 23.7 Å². The molecular formula is C26H23N7O. The molecule has 0 bridgehead atoms. The van der Waals surface area contributed by atoms with E-state index in [1.54, 1.807) is 13.1 Å². The summed E-state index contributed by atoms with van der Waals surface area (Å²) in [5.74, 6) is 0.189. The van der Waals surface area contributed by atoms with E-state index in [9.17, 15) is 4.79 Å². The Labute approximate surface area is 196 Å². The van der Waals surface area contributed by atoms with Crippen molar-refractivity contribution in [1.29, 1.82) is 0 Å². The van der Waals surface area contributed by atoms with E-state index < -0.39 is 0 Å². The SMILES string of the molecule is Cc1nnc(N/N=C\c2ccc(N3N=C(c4ccccc4)C[C@@H]3c3ccccc3)cc2)[nH]c1=O. The third kappa shape index (κ3) is 4.61. The van der Waals surface area contributed by atoms with Gasteiger partial charge in [-0.25, -0.2) is 5.43 Å². The Morgan fingerprint density at radius 2 is 1.68 bits per heavy atom. The normalized spacial score (nSPS) is 15.5. The Kier molecular flexibility index (Phi) is 5.94. The molecule has 8 heteroatoms. The fraction of sp³-hybridized carbons (Fsp3) is 0.115. The van der Waals surface area contributed by atoms with Gasteiger partial charge in [0.25, 0.3) is 5.56 Å². The molecule has 0 unspecified atom stereocenters. The van der Waals surface area contributed by atoms with Gasteiger partial charge in [0.2, 0.25) is 5.95 Å². The lowest BCUT2D eigenvalue weighted by Gasteiger charge is -2.24. The highest BCUT2D eigenvalue weighted by Gasteiger charge is 2.29. The second-order valence-corrected chi connectivity index (χ2v) is 7.94. The molecule has 168 valence electrons. The quantitative estimate of drug-likeness (QED) is 0.338. The number of hydrazone groups is 2. The summed E-state index contributed by atoms with van der Waals surface area (Å²) in [4.78, 5) is 14.2. The minimum atomic E-state index is -0.300. The van der Waals surface area contributed by atoms with Crippen LogP contribution in [0, 0.1) is 6.92 Å². The number of nitrogens with zero attached hydrogens (tertiary/aromatic N) is 5. The average molecular weight is 450 g/mol. The lowest BCUT2D eigenvalue weighted by atomic mass is 9.98. The van der Waals surface area contributed by atoms with Crippen molar-refractivity contribution in [2.75, 3.05) is 10.4 Å². The minimum absolute atomic E-state index is 0.120. The first kappa shape index (κ1) is 21.3. The molecule has 0 fully saturated rings. The molecule has 4 aromatic rings. The van der Waals surface area contributed by atoms with Gasteiger partial charge in [0.15, 0.2) is 0 Å². The molecule has 5 rings (SSSR count). The molecule has 2 N–H and O–H groups in total. The molecule has 1 aliphatic rings. The molecule has 34 heavy (non-hydrogen) atoms. The molecule has 0 spiro atoms. The first-order valence-electron chi connectivity index (χ1n) is 11.0. The number of hydrogen-bond donors (Lipinski definition) is 2. The standard InChI is InChI=1S/C26H23N7O/c1-18-25(34)28-26(31-29-18)30-27-17-19-12-14-22(15-13-19)33-24(21-10-6-3-7-11-21)16-23(32-33)20-8-4-2-5-9-20/h2-15,17,24H,16H2,1H3,(H2,28,30,31,34)/b27-17-/t24-/m1/s1. The summed E-state index contributed by atoms with van der Waals surface area (Å²) >= 11 is 0. The van der Waals surface area contributed by atoms with Crippen LogP contribution in [-0.2, 0) is 0 Å². The summed E-state index contributed by atoms with van der Waals surface area (Å²) < 4.78 is 0. The monoisotopic (exact) mass is 449 g/mol. The topological polar surface area (TPSA) is 98.6 Å². The smallest absolute Gasteiger partial charge is 0.274 e. The molecule has 0 saturated carbocycles. The molecule has 0 aliphatic carbocycles. The fourth-order valence-electron chi connectivity index (χ4n) is 3.81. The van der Waals surface area contributed by atoms with Crippen LogP contribution in [0.5, 0.6) is 0 Å². The second-order valence-electron chi connectivity index (χ2n) is 7.94. The summed E-state index contributed by atoms with van der Waals surface area (Å²) in [6.07, 6.45) is 2.48. The lowest BCUT2D eigenvalue weighted by Crippen LogP contribution is -2.18. The van der Waals surface area contributed by atoms with Crippen LogP contribution in [0.3, 0.4) is 0 Å². The highest BCUT2D eigenvalue weighted by Crippen LogP contribution is 2.36. The van der Waals surface area contributed by atoms with E-state index in [0.717, 1.165) is 28.9 Å². The maximum Gasteiger partial charge on any atom is 0.274 e. The second kappa shape index (κ2) is 9.50. The van der Waals surface area contributed by atoms with Gasteiger partial charge >= 0.3 is 0 Å². The number of nitrogens with one attached hydrogen (secondary N) is 2. The highest BCUT2D eigenvalue weighted by molar-refractivity contribution is 6.03. The van der Waals surface area contributed by atoms with Gasteiger partial charge < -0.3 is 0 Å². The summed E-state index contributed by atoms with van der Waals surface area (Å²) in [6.45, 7) is 1.59. The third-order valence-electron chi connectivity index (χ3n) is 5.60. The van der Waals surface area contributed by atoms with Crippen molar-refractivity contribution in [3.8, 4) is 0 Å². The van der Waals surface area contributed by atoms with E-state index in [1.165, 1.54) is 5.56 Å². The van der Waals surface area contributed by atoms with Crippen LogP contribution in [0.15, 0.2) is 99.9 Å². The van der Waals surface area contributed by atoms with Gasteiger partial charge in [-0.3, -0.25) is 14.8 Å². The van der Waals surface area contributed by atoms with Crippen LogP contribution >= 0.6 is 0 Å². The maximum absolute atomic E-state index is 11.6. The van der Waals surface area contributed by atoms with E-state index in [0.29, 0.717) is 5.69 Å². The molecule has 1 aromatic heterocycles. The van der Waals surface area contributed by atoms with Crippen LogP contribution in [-0.4, -0.2) is 27.1 Å². The van der Waals surface area contributed by atoms with Crippen molar-refractivity contribution in [3.63, 3.8) is 0 Å².